The number of piperidine rings is 1. The molecular weight excluding hydrogens is 280 g/mol. The lowest BCUT2D eigenvalue weighted by atomic mass is 10.1. The van der Waals surface area contributed by atoms with Crippen LogP contribution in [-0.2, 0) is 6.54 Å². The fraction of sp³-hybridized carbons (Fsp3) is 0.471. The average molecular weight is 302 g/mol. The minimum atomic E-state index is -0.141. The smallest absolute Gasteiger partial charge is 0.152 e. The minimum Gasteiger partial charge on any atom is -0.497 e. The Labute approximate surface area is 130 Å². The summed E-state index contributed by atoms with van der Waals surface area (Å²) in [6.45, 7) is 3.65. The zero-order valence-corrected chi connectivity index (χ0v) is 12.9. The Bertz CT molecular complexity index is 657. The predicted molar refractivity (Wildman–Crippen MR) is 85.6 cm³/mol. The third-order valence-electron chi connectivity index (χ3n) is 4.46. The number of hydrogen-bond donors (Lipinski definition) is 1. The van der Waals surface area contributed by atoms with Crippen LogP contribution in [-0.4, -0.2) is 53.7 Å². The van der Waals surface area contributed by atoms with Crippen LogP contribution in [0.4, 0.5) is 0 Å². The Kier molecular flexibility index (Phi) is 4.45. The molecule has 2 heterocycles. The Morgan fingerprint density at radius 1 is 1.32 bits per heavy atom. The summed E-state index contributed by atoms with van der Waals surface area (Å²) in [5, 5.41) is 10.5. The van der Waals surface area contributed by atoms with Gasteiger partial charge in [0.1, 0.15) is 5.75 Å². The van der Waals surface area contributed by atoms with Crippen molar-refractivity contribution in [1.82, 2.24) is 9.47 Å². The number of carbonyl (C=O) groups excluding carboxylic acids is 1. The number of likely N-dealkylation sites (tertiary alicyclic amines) is 1. The first kappa shape index (κ1) is 15.1. The molecule has 0 bridgehead atoms. The number of aldehydes is 1. The summed E-state index contributed by atoms with van der Waals surface area (Å²) in [5.74, 6) is 0.762. The highest BCUT2D eigenvalue weighted by Crippen LogP contribution is 2.25. The number of aromatic nitrogens is 1. The number of rotatable bonds is 5. The molecule has 0 atom stereocenters. The Hall–Kier alpha value is -1.85. The lowest BCUT2D eigenvalue weighted by Gasteiger charge is -2.29. The number of aliphatic hydroxyl groups excluding tert-OH is 1. The molecule has 1 saturated heterocycles. The van der Waals surface area contributed by atoms with E-state index in [9.17, 15) is 9.90 Å². The van der Waals surface area contributed by atoms with Crippen molar-refractivity contribution in [3.05, 3.63) is 30.0 Å². The molecule has 5 nitrogen and oxygen atoms in total. The van der Waals surface area contributed by atoms with E-state index in [1.165, 1.54) is 0 Å². The van der Waals surface area contributed by atoms with Gasteiger partial charge in [0, 0.05) is 48.8 Å². The molecule has 1 aromatic heterocycles. The largest absolute Gasteiger partial charge is 0.497 e. The van der Waals surface area contributed by atoms with Crippen molar-refractivity contribution in [2.75, 3.05) is 26.7 Å². The number of fused-ring (bicyclic) bond motifs is 1. The molecule has 1 aliphatic rings. The molecule has 0 aliphatic carbocycles. The zero-order valence-electron chi connectivity index (χ0n) is 12.9. The molecule has 1 fully saturated rings. The predicted octanol–water partition coefficient (Wildman–Crippen LogP) is 1.92. The molecule has 1 aromatic carbocycles. The van der Waals surface area contributed by atoms with Crippen molar-refractivity contribution in [3.63, 3.8) is 0 Å². The van der Waals surface area contributed by atoms with Crippen molar-refractivity contribution >= 4 is 17.2 Å². The van der Waals surface area contributed by atoms with Crippen LogP contribution in [0.25, 0.3) is 10.9 Å². The van der Waals surface area contributed by atoms with Crippen molar-refractivity contribution in [3.8, 4) is 5.75 Å². The number of carbonyl (C=O) groups is 1. The lowest BCUT2D eigenvalue weighted by molar-refractivity contribution is 0.0811. The van der Waals surface area contributed by atoms with E-state index in [-0.39, 0.29) is 6.10 Å². The summed E-state index contributed by atoms with van der Waals surface area (Å²) in [5.41, 5.74) is 1.75. The monoisotopic (exact) mass is 302 g/mol. The number of aliphatic hydroxyl groups is 1. The summed E-state index contributed by atoms with van der Waals surface area (Å²) in [6, 6.07) is 5.83. The number of ether oxygens (including phenoxy) is 1. The van der Waals surface area contributed by atoms with Crippen LogP contribution in [0.5, 0.6) is 5.75 Å². The molecule has 0 saturated carbocycles. The van der Waals surface area contributed by atoms with E-state index in [1.807, 2.05) is 24.4 Å². The molecule has 2 aromatic rings. The molecule has 1 N–H and O–H groups in total. The first-order valence-electron chi connectivity index (χ1n) is 7.73. The van der Waals surface area contributed by atoms with Crippen LogP contribution in [0, 0.1) is 0 Å². The van der Waals surface area contributed by atoms with Gasteiger partial charge in [0.15, 0.2) is 6.29 Å². The van der Waals surface area contributed by atoms with Gasteiger partial charge in [-0.25, -0.2) is 0 Å². The van der Waals surface area contributed by atoms with Gasteiger partial charge in [-0.1, -0.05) is 0 Å². The first-order valence-corrected chi connectivity index (χ1v) is 7.73. The summed E-state index contributed by atoms with van der Waals surface area (Å²) in [4.78, 5) is 13.6. The normalized spacial score (nSPS) is 17.0. The molecule has 0 amide bonds. The second-order valence-corrected chi connectivity index (χ2v) is 5.85. The maximum absolute atomic E-state index is 11.3. The molecular formula is C17H22N2O3. The first-order chi connectivity index (χ1) is 10.7. The maximum Gasteiger partial charge on any atom is 0.152 e. The molecule has 0 radical (unpaired) electrons. The highest BCUT2D eigenvalue weighted by molar-refractivity contribution is 5.98. The average Bonchev–Trinajstić information content (AvgIpc) is 2.91. The summed E-state index contributed by atoms with van der Waals surface area (Å²) in [7, 11) is 1.63. The van der Waals surface area contributed by atoms with E-state index in [4.69, 9.17) is 4.74 Å². The third kappa shape index (κ3) is 3.00. The minimum absolute atomic E-state index is 0.141. The zero-order chi connectivity index (χ0) is 15.5. The molecule has 0 unspecified atom stereocenters. The Morgan fingerprint density at radius 3 is 2.77 bits per heavy atom. The van der Waals surface area contributed by atoms with Gasteiger partial charge in [-0.2, -0.15) is 0 Å². The molecule has 3 rings (SSSR count). The molecule has 0 spiro atoms. The number of methoxy groups -OCH3 is 1. The Balaban J connectivity index is 1.77. The molecule has 1 aliphatic heterocycles. The lowest BCUT2D eigenvalue weighted by Crippen LogP contribution is -2.37. The van der Waals surface area contributed by atoms with Gasteiger partial charge in [-0.3, -0.25) is 4.79 Å². The molecule has 5 heteroatoms. The van der Waals surface area contributed by atoms with E-state index in [2.05, 4.69) is 9.47 Å². The van der Waals surface area contributed by atoms with Gasteiger partial charge in [0.05, 0.1) is 13.2 Å². The van der Waals surface area contributed by atoms with Gasteiger partial charge in [0.2, 0.25) is 0 Å². The number of benzene rings is 1. The van der Waals surface area contributed by atoms with Crippen LogP contribution in [0.3, 0.4) is 0 Å². The Morgan fingerprint density at radius 2 is 2.09 bits per heavy atom. The van der Waals surface area contributed by atoms with E-state index in [0.717, 1.165) is 62.0 Å². The van der Waals surface area contributed by atoms with Crippen molar-refractivity contribution in [2.24, 2.45) is 0 Å². The van der Waals surface area contributed by atoms with Crippen molar-refractivity contribution < 1.29 is 14.6 Å². The highest BCUT2D eigenvalue weighted by Gasteiger charge is 2.17. The fourth-order valence-corrected chi connectivity index (χ4v) is 3.10. The van der Waals surface area contributed by atoms with Crippen LogP contribution >= 0.6 is 0 Å². The summed E-state index contributed by atoms with van der Waals surface area (Å²) in [6.07, 6.45) is 4.37. The van der Waals surface area contributed by atoms with Crippen molar-refractivity contribution in [2.45, 2.75) is 25.5 Å². The van der Waals surface area contributed by atoms with Gasteiger partial charge < -0.3 is 19.3 Å². The van der Waals surface area contributed by atoms with Crippen LogP contribution in [0.2, 0.25) is 0 Å². The number of nitrogens with zero attached hydrogens (tertiary/aromatic N) is 2. The fourth-order valence-electron chi connectivity index (χ4n) is 3.10. The summed E-state index contributed by atoms with van der Waals surface area (Å²) >= 11 is 0. The second-order valence-electron chi connectivity index (χ2n) is 5.85. The molecule has 22 heavy (non-hydrogen) atoms. The van der Waals surface area contributed by atoms with Crippen LogP contribution < -0.4 is 4.74 Å². The highest BCUT2D eigenvalue weighted by atomic mass is 16.5. The topological polar surface area (TPSA) is 54.7 Å². The second kappa shape index (κ2) is 6.50. The van der Waals surface area contributed by atoms with E-state index in [0.29, 0.717) is 5.56 Å². The van der Waals surface area contributed by atoms with Crippen LogP contribution in [0.1, 0.15) is 23.2 Å². The van der Waals surface area contributed by atoms with Gasteiger partial charge in [-0.15, -0.1) is 0 Å². The maximum atomic E-state index is 11.3. The van der Waals surface area contributed by atoms with Gasteiger partial charge >= 0.3 is 0 Å². The third-order valence-corrected chi connectivity index (χ3v) is 4.46. The summed E-state index contributed by atoms with van der Waals surface area (Å²) < 4.78 is 7.37. The van der Waals surface area contributed by atoms with Gasteiger partial charge in [0.25, 0.3) is 0 Å². The molecule has 118 valence electrons. The van der Waals surface area contributed by atoms with Crippen LogP contribution in [0.15, 0.2) is 24.4 Å². The standard InChI is InChI=1S/C17H22N2O3/c1-22-15-2-3-17-16(10-15)13(12-20)11-19(17)9-8-18-6-4-14(21)5-7-18/h2-3,10-12,14,21H,4-9H2,1H3. The number of hydrogen-bond acceptors (Lipinski definition) is 4. The van der Waals surface area contributed by atoms with E-state index >= 15 is 0 Å². The SMILES string of the molecule is COc1ccc2c(c1)c(C=O)cn2CCN1CCC(O)CC1. The van der Waals surface area contributed by atoms with E-state index in [1.54, 1.807) is 7.11 Å². The quantitative estimate of drug-likeness (QED) is 0.857. The van der Waals surface area contributed by atoms with Gasteiger partial charge in [-0.05, 0) is 31.0 Å². The van der Waals surface area contributed by atoms with Crippen molar-refractivity contribution in [1.29, 1.82) is 0 Å². The van der Waals surface area contributed by atoms with E-state index < -0.39 is 0 Å².